The molecule has 0 N–H and O–H groups in total. The largest absolute Gasteiger partial charge is 0.384 e. The Morgan fingerprint density at radius 3 is 1.90 bits per heavy atom. The predicted molar refractivity (Wildman–Crippen MR) is 48.6 cm³/mol. The molecule has 0 aromatic rings. The van der Waals surface area contributed by atoms with Crippen molar-refractivity contribution in [2.75, 3.05) is 13.7 Å². The van der Waals surface area contributed by atoms with Gasteiger partial charge in [-0.05, 0) is 11.8 Å². The normalized spacial score (nSPS) is 17.4. The standard InChI is InChI=1S/C8H17BrO/c1-6(2)8(5-10-4)7(3)9/h6-8H,5H2,1-4H3. The number of rotatable bonds is 4. The third-order valence-corrected chi connectivity index (χ3v) is 2.48. The molecule has 0 fully saturated rings. The molecule has 62 valence electrons. The van der Waals surface area contributed by atoms with Gasteiger partial charge in [-0.25, -0.2) is 0 Å². The van der Waals surface area contributed by atoms with Crippen molar-refractivity contribution >= 4 is 15.9 Å². The van der Waals surface area contributed by atoms with Crippen LogP contribution in [0.2, 0.25) is 0 Å². The van der Waals surface area contributed by atoms with Gasteiger partial charge >= 0.3 is 0 Å². The molecule has 0 spiro atoms. The van der Waals surface area contributed by atoms with Crippen molar-refractivity contribution in [2.45, 2.75) is 25.6 Å². The molecule has 0 heterocycles. The number of methoxy groups -OCH3 is 1. The predicted octanol–water partition coefficient (Wildman–Crippen LogP) is 2.69. The lowest BCUT2D eigenvalue weighted by molar-refractivity contribution is 0.131. The van der Waals surface area contributed by atoms with Gasteiger partial charge in [0.15, 0.2) is 0 Å². The Morgan fingerprint density at radius 1 is 1.30 bits per heavy atom. The highest BCUT2D eigenvalue weighted by molar-refractivity contribution is 9.09. The average Bonchev–Trinajstić information content (AvgIpc) is 1.81. The minimum atomic E-state index is 0.549. The van der Waals surface area contributed by atoms with Crippen LogP contribution in [0.5, 0.6) is 0 Å². The summed E-state index contributed by atoms with van der Waals surface area (Å²) in [5.41, 5.74) is 0. The molecule has 2 heteroatoms. The summed E-state index contributed by atoms with van der Waals surface area (Å²) in [4.78, 5) is 0.549. The van der Waals surface area contributed by atoms with E-state index in [0.717, 1.165) is 6.61 Å². The van der Waals surface area contributed by atoms with Crippen LogP contribution in [-0.4, -0.2) is 18.5 Å². The molecule has 0 aliphatic carbocycles. The fraction of sp³-hybridized carbons (Fsp3) is 1.00. The molecular weight excluding hydrogens is 192 g/mol. The highest BCUT2D eigenvalue weighted by Crippen LogP contribution is 2.20. The first-order chi connectivity index (χ1) is 4.59. The molecule has 0 aromatic carbocycles. The van der Waals surface area contributed by atoms with E-state index >= 15 is 0 Å². The Bertz CT molecular complexity index is 73.3. The SMILES string of the molecule is COCC(C(C)C)C(C)Br. The second kappa shape index (κ2) is 5.14. The van der Waals surface area contributed by atoms with Crippen LogP contribution in [0.15, 0.2) is 0 Å². The number of ether oxygens (including phenoxy) is 1. The van der Waals surface area contributed by atoms with Crippen LogP contribution in [0, 0.1) is 11.8 Å². The van der Waals surface area contributed by atoms with E-state index in [4.69, 9.17) is 4.74 Å². The highest BCUT2D eigenvalue weighted by atomic mass is 79.9. The number of alkyl halides is 1. The van der Waals surface area contributed by atoms with E-state index in [1.165, 1.54) is 0 Å². The first-order valence-electron chi connectivity index (χ1n) is 3.72. The summed E-state index contributed by atoms with van der Waals surface area (Å²) in [6.45, 7) is 7.47. The number of hydrogen-bond acceptors (Lipinski definition) is 1. The minimum absolute atomic E-state index is 0.549. The van der Waals surface area contributed by atoms with Crippen molar-refractivity contribution in [2.24, 2.45) is 11.8 Å². The highest BCUT2D eigenvalue weighted by Gasteiger charge is 2.17. The van der Waals surface area contributed by atoms with Crippen LogP contribution < -0.4 is 0 Å². The second-order valence-corrected chi connectivity index (χ2v) is 4.49. The Labute approximate surface area is 72.3 Å². The van der Waals surface area contributed by atoms with Crippen molar-refractivity contribution in [3.63, 3.8) is 0 Å². The fourth-order valence-electron chi connectivity index (χ4n) is 1.05. The zero-order chi connectivity index (χ0) is 8.15. The Morgan fingerprint density at radius 2 is 1.80 bits per heavy atom. The first-order valence-corrected chi connectivity index (χ1v) is 4.64. The topological polar surface area (TPSA) is 9.23 Å². The third kappa shape index (κ3) is 3.57. The summed E-state index contributed by atoms with van der Waals surface area (Å²) < 4.78 is 5.10. The third-order valence-electron chi connectivity index (χ3n) is 1.81. The van der Waals surface area contributed by atoms with E-state index in [1.807, 2.05) is 0 Å². The molecule has 0 aliphatic rings. The van der Waals surface area contributed by atoms with Crippen molar-refractivity contribution in [1.82, 2.24) is 0 Å². The molecule has 0 aliphatic heterocycles. The van der Waals surface area contributed by atoms with Gasteiger partial charge in [0, 0.05) is 11.9 Å². The molecule has 0 amide bonds. The number of halogens is 1. The van der Waals surface area contributed by atoms with Crippen molar-refractivity contribution in [3.8, 4) is 0 Å². The number of hydrogen-bond donors (Lipinski definition) is 0. The van der Waals surface area contributed by atoms with Crippen molar-refractivity contribution in [3.05, 3.63) is 0 Å². The molecule has 0 bridgehead atoms. The molecule has 0 aromatic heterocycles. The Kier molecular flexibility index (Phi) is 5.36. The van der Waals surface area contributed by atoms with Crippen LogP contribution >= 0.6 is 15.9 Å². The molecule has 0 saturated heterocycles. The molecule has 0 rings (SSSR count). The maximum atomic E-state index is 5.10. The van der Waals surface area contributed by atoms with Crippen LogP contribution in [0.25, 0.3) is 0 Å². The molecule has 0 saturated carbocycles. The molecule has 0 radical (unpaired) electrons. The van der Waals surface area contributed by atoms with Gasteiger partial charge < -0.3 is 4.74 Å². The molecule has 10 heavy (non-hydrogen) atoms. The minimum Gasteiger partial charge on any atom is -0.384 e. The summed E-state index contributed by atoms with van der Waals surface area (Å²) >= 11 is 3.56. The van der Waals surface area contributed by atoms with Crippen LogP contribution in [0.4, 0.5) is 0 Å². The quantitative estimate of drug-likeness (QED) is 0.647. The van der Waals surface area contributed by atoms with Crippen molar-refractivity contribution < 1.29 is 4.74 Å². The van der Waals surface area contributed by atoms with Gasteiger partial charge in [-0.3, -0.25) is 0 Å². The summed E-state index contributed by atoms with van der Waals surface area (Å²) in [6, 6.07) is 0. The van der Waals surface area contributed by atoms with Gasteiger partial charge in [0.2, 0.25) is 0 Å². The van der Waals surface area contributed by atoms with Crippen molar-refractivity contribution in [1.29, 1.82) is 0 Å². The van der Waals surface area contributed by atoms with Gasteiger partial charge in [0.1, 0.15) is 0 Å². The summed E-state index contributed by atoms with van der Waals surface area (Å²) in [5.74, 6) is 1.32. The molecular formula is C8H17BrO. The molecule has 2 atom stereocenters. The maximum Gasteiger partial charge on any atom is 0.0503 e. The van der Waals surface area contributed by atoms with E-state index in [9.17, 15) is 0 Å². The lowest BCUT2D eigenvalue weighted by Gasteiger charge is -2.22. The van der Waals surface area contributed by atoms with E-state index < -0.39 is 0 Å². The van der Waals surface area contributed by atoms with Gasteiger partial charge in [-0.2, -0.15) is 0 Å². The van der Waals surface area contributed by atoms with E-state index in [0.29, 0.717) is 16.7 Å². The van der Waals surface area contributed by atoms with E-state index in [2.05, 4.69) is 36.7 Å². The van der Waals surface area contributed by atoms with Gasteiger partial charge in [0.25, 0.3) is 0 Å². The molecule has 2 unspecified atom stereocenters. The maximum absolute atomic E-state index is 5.10. The average molecular weight is 209 g/mol. The lowest BCUT2D eigenvalue weighted by Crippen LogP contribution is -2.22. The zero-order valence-corrected chi connectivity index (χ0v) is 8.81. The summed E-state index contributed by atoms with van der Waals surface area (Å²) in [7, 11) is 1.75. The van der Waals surface area contributed by atoms with Crippen LogP contribution in [0.1, 0.15) is 20.8 Å². The van der Waals surface area contributed by atoms with Crippen LogP contribution in [0.3, 0.4) is 0 Å². The summed E-state index contributed by atoms with van der Waals surface area (Å²) in [5, 5.41) is 0. The van der Waals surface area contributed by atoms with Crippen LogP contribution in [-0.2, 0) is 4.74 Å². The second-order valence-electron chi connectivity index (χ2n) is 3.04. The zero-order valence-electron chi connectivity index (χ0n) is 7.23. The van der Waals surface area contributed by atoms with E-state index in [1.54, 1.807) is 7.11 Å². The van der Waals surface area contributed by atoms with Gasteiger partial charge in [-0.1, -0.05) is 36.7 Å². The fourth-order valence-corrected chi connectivity index (χ4v) is 1.81. The van der Waals surface area contributed by atoms with Gasteiger partial charge in [-0.15, -0.1) is 0 Å². The first kappa shape index (κ1) is 10.4. The van der Waals surface area contributed by atoms with Gasteiger partial charge in [0.05, 0.1) is 6.61 Å². The monoisotopic (exact) mass is 208 g/mol. The smallest absolute Gasteiger partial charge is 0.0503 e. The Balaban J connectivity index is 3.73. The van der Waals surface area contributed by atoms with E-state index in [-0.39, 0.29) is 0 Å². The molecule has 1 nitrogen and oxygen atoms in total. The Hall–Kier alpha value is 0.440. The lowest BCUT2D eigenvalue weighted by atomic mass is 9.94. The summed E-state index contributed by atoms with van der Waals surface area (Å²) in [6.07, 6.45) is 0.